The van der Waals surface area contributed by atoms with Crippen molar-refractivity contribution in [2.24, 2.45) is 0 Å². The molecule has 0 aliphatic carbocycles. The van der Waals surface area contributed by atoms with Crippen molar-refractivity contribution in [1.82, 2.24) is 4.72 Å². The molecule has 0 saturated carbocycles. The second kappa shape index (κ2) is 6.36. The predicted octanol–water partition coefficient (Wildman–Crippen LogP) is 0.838. The SMILES string of the molecule is COc1ccc(S(=O)(=O)NCCCC(=O)O)cc1. The van der Waals surface area contributed by atoms with Crippen molar-refractivity contribution in [3.63, 3.8) is 0 Å². The number of ether oxygens (including phenoxy) is 1. The van der Waals surface area contributed by atoms with E-state index in [9.17, 15) is 13.2 Å². The summed E-state index contributed by atoms with van der Waals surface area (Å²) in [5.41, 5.74) is 0. The van der Waals surface area contributed by atoms with Crippen LogP contribution in [-0.4, -0.2) is 33.1 Å². The van der Waals surface area contributed by atoms with E-state index in [1.54, 1.807) is 12.1 Å². The zero-order chi connectivity index (χ0) is 13.6. The molecule has 0 bridgehead atoms. The minimum Gasteiger partial charge on any atom is -0.497 e. The Balaban J connectivity index is 2.59. The molecule has 1 aromatic carbocycles. The van der Waals surface area contributed by atoms with Crippen molar-refractivity contribution in [1.29, 1.82) is 0 Å². The van der Waals surface area contributed by atoms with Gasteiger partial charge in [-0.15, -0.1) is 0 Å². The van der Waals surface area contributed by atoms with E-state index in [1.165, 1.54) is 19.2 Å². The first-order chi connectivity index (χ1) is 8.45. The Kier molecular flexibility index (Phi) is 5.11. The van der Waals surface area contributed by atoms with Crippen LogP contribution in [0.4, 0.5) is 0 Å². The quantitative estimate of drug-likeness (QED) is 0.718. The first-order valence-electron chi connectivity index (χ1n) is 5.31. The van der Waals surface area contributed by atoms with Gasteiger partial charge in [0.05, 0.1) is 12.0 Å². The van der Waals surface area contributed by atoms with Crippen molar-refractivity contribution < 1.29 is 23.1 Å². The Hall–Kier alpha value is -1.60. The number of sulfonamides is 1. The molecular formula is C11H15NO5S. The summed E-state index contributed by atoms with van der Waals surface area (Å²) in [6, 6.07) is 5.95. The molecule has 6 nitrogen and oxygen atoms in total. The van der Waals surface area contributed by atoms with Gasteiger partial charge in [-0.25, -0.2) is 13.1 Å². The number of methoxy groups -OCH3 is 1. The highest BCUT2D eigenvalue weighted by atomic mass is 32.2. The Morgan fingerprint density at radius 2 is 1.94 bits per heavy atom. The van der Waals surface area contributed by atoms with E-state index in [1.807, 2.05) is 0 Å². The lowest BCUT2D eigenvalue weighted by atomic mass is 10.3. The molecule has 0 aromatic heterocycles. The molecule has 0 fully saturated rings. The predicted molar refractivity (Wildman–Crippen MR) is 65.1 cm³/mol. The third kappa shape index (κ3) is 4.34. The van der Waals surface area contributed by atoms with E-state index in [-0.39, 0.29) is 24.3 Å². The number of benzene rings is 1. The highest BCUT2D eigenvalue weighted by Crippen LogP contribution is 2.15. The summed E-state index contributed by atoms with van der Waals surface area (Å²) in [6.45, 7) is 0.0979. The van der Waals surface area contributed by atoms with Crippen LogP contribution >= 0.6 is 0 Å². The highest BCUT2D eigenvalue weighted by molar-refractivity contribution is 7.89. The smallest absolute Gasteiger partial charge is 0.303 e. The monoisotopic (exact) mass is 273 g/mol. The minimum atomic E-state index is -3.58. The van der Waals surface area contributed by atoms with Gasteiger partial charge < -0.3 is 9.84 Å². The Morgan fingerprint density at radius 3 is 2.44 bits per heavy atom. The molecule has 7 heteroatoms. The third-order valence-electron chi connectivity index (χ3n) is 2.23. The molecule has 0 unspecified atom stereocenters. The van der Waals surface area contributed by atoms with Gasteiger partial charge in [0.2, 0.25) is 10.0 Å². The van der Waals surface area contributed by atoms with E-state index in [4.69, 9.17) is 9.84 Å². The molecule has 0 spiro atoms. The summed E-state index contributed by atoms with van der Waals surface area (Å²) in [4.78, 5) is 10.4. The number of carbonyl (C=O) groups is 1. The first kappa shape index (κ1) is 14.5. The van der Waals surface area contributed by atoms with Crippen LogP contribution in [0.2, 0.25) is 0 Å². The normalized spacial score (nSPS) is 11.2. The number of carboxylic acids is 1. The second-order valence-corrected chi connectivity index (χ2v) is 5.34. The zero-order valence-electron chi connectivity index (χ0n) is 9.92. The van der Waals surface area contributed by atoms with Crippen LogP contribution in [0.15, 0.2) is 29.2 Å². The highest BCUT2D eigenvalue weighted by Gasteiger charge is 2.13. The summed E-state index contributed by atoms with van der Waals surface area (Å²) in [5, 5.41) is 8.43. The molecule has 0 atom stereocenters. The van der Waals surface area contributed by atoms with Gasteiger partial charge in [-0.05, 0) is 30.7 Å². The van der Waals surface area contributed by atoms with Crippen molar-refractivity contribution in [3.05, 3.63) is 24.3 Å². The summed E-state index contributed by atoms with van der Waals surface area (Å²) in [7, 11) is -2.09. The molecule has 0 saturated heterocycles. The molecule has 2 N–H and O–H groups in total. The standard InChI is InChI=1S/C11H15NO5S/c1-17-9-4-6-10(7-5-9)18(15,16)12-8-2-3-11(13)14/h4-7,12H,2-3,8H2,1H3,(H,13,14). The van der Waals surface area contributed by atoms with Gasteiger partial charge in [-0.1, -0.05) is 0 Å². The maximum Gasteiger partial charge on any atom is 0.303 e. The molecule has 18 heavy (non-hydrogen) atoms. The van der Waals surface area contributed by atoms with Crippen LogP contribution in [0.25, 0.3) is 0 Å². The lowest BCUT2D eigenvalue weighted by molar-refractivity contribution is -0.137. The van der Waals surface area contributed by atoms with Crippen LogP contribution in [0.5, 0.6) is 5.75 Å². The fourth-order valence-corrected chi connectivity index (χ4v) is 2.36. The van der Waals surface area contributed by atoms with Gasteiger partial charge in [0, 0.05) is 13.0 Å². The number of nitrogens with one attached hydrogen (secondary N) is 1. The van der Waals surface area contributed by atoms with E-state index in [2.05, 4.69) is 4.72 Å². The molecule has 1 aromatic rings. The van der Waals surface area contributed by atoms with Gasteiger partial charge in [0.15, 0.2) is 0 Å². The largest absolute Gasteiger partial charge is 0.497 e. The third-order valence-corrected chi connectivity index (χ3v) is 3.71. The van der Waals surface area contributed by atoms with Gasteiger partial charge in [0.25, 0.3) is 0 Å². The lowest BCUT2D eigenvalue weighted by Crippen LogP contribution is -2.25. The lowest BCUT2D eigenvalue weighted by Gasteiger charge is -2.06. The maximum absolute atomic E-state index is 11.8. The number of hydrogen-bond donors (Lipinski definition) is 2. The average molecular weight is 273 g/mol. The number of aliphatic carboxylic acids is 1. The maximum atomic E-state index is 11.8. The summed E-state index contributed by atoms with van der Waals surface area (Å²) < 4.78 is 30.8. The van der Waals surface area contributed by atoms with E-state index < -0.39 is 16.0 Å². The number of rotatable bonds is 7. The molecule has 0 heterocycles. The molecule has 0 aliphatic heterocycles. The van der Waals surface area contributed by atoms with Gasteiger partial charge in [-0.2, -0.15) is 0 Å². The average Bonchev–Trinajstić information content (AvgIpc) is 2.34. The molecule has 1 rings (SSSR count). The van der Waals surface area contributed by atoms with Gasteiger partial charge in [-0.3, -0.25) is 4.79 Å². The Morgan fingerprint density at radius 1 is 1.33 bits per heavy atom. The Bertz CT molecular complexity index is 495. The van der Waals surface area contributed by atoms with Crippen LogP contribution in [0, 0.1) is 0 Å². The molecule has 0 amide bonds. The molecule has 0 aliphatic rings. The van der Waals surface area contributed by atoms with Gasteiger partial charge in [0.1, 0.15) is 5.75 Å². The summed E-state index contributed by atoms with van der Waals surface area (Å²) in [6.07, 6.45) is 0.190. The van der Waals surface area contributed by atoms with Crippen LogP contribution in [-0.2, 0) is 14.8 Å². The van der Waals surface area contributed by atoms with E-state index >= 15 is 0 Å². The zero-order valence-corrected chi connectivity index (χ0v) is 10.7. The first-order valence-corrected chi connectivity index (χ1v) is 6.79. The number of carboxylic acid groups (broad SMARTS) is 1. The molecular weight excluding hydrogens is 258 g/mol. The van der Waals surface area contributed by atoms with Crippen LogP contribution in [0.3, 0.4) is 0 Å². The van der Waals surface area contributed by atoms with Gasteiger partial charge >= 0.3 is 5.97 Å². The topological polar surface area (TPSA) is 92.7 Å². The number of hydrogen-bond acceptors (Lipinski definition) is 4. The summed E-state index contributed by atoms with van der Waals surface area (Å²) in [5.74, 6) is -0.376. The van der Waals surface area contributed by atoms with Crippen LogP contribution < -0.4 is 9.46 Å². The molecule has 0 radical (unpaired) electrons. The van der Waals surface area contributed by atoms with E-state index in [0.717, 1.165) is 0 Å². The molecule has 100 valence electrons. The summed E-state index contributed by atoms with van der Waals surface area (Å²) >= 11 is 0. The van der Waals surface area contributed by atoms with Crippen LogP contribution in [0.1, 0.15) is 12.8 Å². The van der Waals surface area contributed by atoms with Crippen molar-refractivity contribution in [3.8, 4) is 5.75 Å². The van der Waals surface area contributed by atoms with Crippen molar-refractivity contribution in [2.45, 2.75) is 17.7 Å². The Labute approximate surface area is 106 Å². The van der Waals surface area contributed by atoms with Crippen molar-refractivity contribution >= 4 is 16.0 Å². The fraction of sp³-hybridized carbons (Fsp3) is 0.364. The van der Waals surface area contributed by atoms with Crippen molar-refractivity contribution in [2.75, 3.05) is 13.7 Å². The minimum absolute atomic E-state index is 0.0644. The second-order valence-electron chi connectivity index (χ2n) is 3.57. The van der Waals surface area contributed by atoms with E-state index in [0.29, 0.717) is 5.75 Å². The fourth-order valence-electron chi connectivity index (χ4n) is 1.28.